The molecular formula is C24H30O5. The largest absolute Gasteiger partial charge is 0.431 e. The molecule has 5 aliphatic rings. The van der Waals surface area contributed by atoms with Crippen molar-refractivity contribution in [3.63, 3.8) is 0 Å². The van der Waals surface area contributed by atoms with E-state index in [4.69, 9.17) is 9.15 Å². The normalized spacial score (nSPS) is 54.8. The van der Waals surface area contributed by atoms with Crippen LogP contribution in [0, 0.1) is 22.7 Å². The summed E-state index contributed by atoms with van der Waals surface area (Å²) in [5.74, 6) is 0.963. The minimum Gasteiger partial charge on any atom is -0.431 e. The Morgan fingerprint density at radius 1 is 1.14 bits per heavy atom. The van der Waals surface area contributed by atoms with Gasteiger partial charge in [-0.3, -0.25) is 0 Å². The Kier molecular flexibility index (Phi) is 3.43. The zero-order valence-corrected chi connectivity index (χ0v) is 17.1. The molecule has 4 aliphatic carbocycles. The first-order chi connectivity index (χ1) is 13.7. The number of aliphatic hydroxyl groups is 2. The lowest BCUT2D eigenvalue weighted by Gasteiger charge is -2.61. The van der Waals surface area contributed by atoms with Gasteiger partial charge in [-0.1, -0.05) is 26.0 Å². The second-order valence-electron chi connectivity index (χ2n) is 10.8. The van der Waals surface area contributed by atoms with E-state index in [1.165, 1.54) is 6.07 Å². The van der Waals surface area contributed by atoms with Crippen molar-refractivity contribution < 1.29 is 19.4 Å². The molecular weight excluding hydrogens is 368 g/mol. The maximum atomic E-state index is 11.5. The molecule has 5 nitrogen and oxygen atoms in total. The van der Waals surface area contributed by atoms with E-state index >= 15 is 0 Å². The van der Waals surface area contributed by atoms with Crippen LogP contribution in [0.3, 0.4) is 0 Å². The summed E-state index contributed by atoms with van der Waals surface area (Å²) in [7, 11) is 0. The van der Waals surface area contributed by atoms with Gasteiger partial charge in [0.05, 0.1) is 24.1 Å². The van der Waals surface area contributed by atoms with Crippen molar-refractivity contribution in [2.75, 3.05) is 0 Å². The number of rotatable bonds is 1. The van der Waals surface area contributed by atoms with E-state index in [1.54, 1.807) is 6.26 Å². The summed E-state index contributed by atoms with van der Waals surface area (Å²) in [5.41, 5.74) is -0.559. The average molecular weight is 398 g/mol. The van der Waals surface area contributed by atoms with Crippen LogP contribution in [-0.2, 0) is 4.74 Å². The molecule has 1 aromatic rings. The topological polar surface area (TPSA) is 83.2 Å². The standard InChI is InChI=1S/C24H30O5/c1-21-8-5-15(25)12-23(21,27)10-7-17-16(21)6-9-22(2)18(11-19-24(17,22)29-19)14-3-4-20(26)28-13-14/h3-4,7,10,13,15-19,25,27H,5-6,8-9,11-12H2,1-2H3/t15-,16-,17+,18+,19+,21+,22+,23-,24+/m0/s1. The fraction of sp³-hybridized carbons (Fsp3) is 0.708. The molecule has 1 aliphatic heterocycles. The molecule has 1 saturated heterocycles. The second kappa shape index (κ2) is 5.43. The van der Waals surface area contributed by atoms with Crippen LogP contribution in [0.5, 0.6) is 0 Å². The number of aliphatic hydroxyl groups excluding tert-OH is 1. The molecule has 0 unspecified atom stereocenters. The fourth-order valence-electron chi connectivity index (χ4n) is 8.12. The average Bonchev–Trinajstić information content (AvgIpc) is 3.34. The Morgan fingerprint density at radius 3 is 2.69 bits per heavy atom. The van der Waals surface area contributed by atoms with Crippen LogP contribution in [0.25, 0.3) is 0 Å². The molecule has 1 spiro atoms. The molecule has 156 valence electrons. The summed E-state index contributed by atoms with van der Waals surface area (Å²) in [6.45, 7) is 4.59. The zero-order chi connectivity index (χ0) is 20.2. The second-order valence-corrected chi connectivity index (χ2v) is 10.8. The molecule has 0 bridgehead atoms. The van der Waals surface area contributed by atoms with Crippen molar-refractivity contribution in [3.8, 4) is 0 Å². The molecule has 4 fully saturated rings. The minimum atomic E-state index is -0.929. The zero-order valence-electron chi connectivity index (χ0n) is 17.1. The fourth-order valence-corrected chi connectivity index (χ4v) is 8.12. The molecule has 0 amide bonds. The van der Waals surface area contributed by atoms with Gasteiger partial charge >= 0.3 is 5.63 Å². The lowest BCUT2D eigenvalue weighted by Crippen LogP contribution is -2.63. The van der Waals surface area contributed by atoms with Crippen molar-refractivity contribution in [3.05, 3.63) is 46.5 Å². The van der Waals surface area contributed by atoms with Crippen LogP contribution in [0.2, 0.25) is 0 Å². The predicted octanol–water partition coefficient (Wildman–Crippen LogP) is 3.15. The third kappa shape index (κ3) is 2.04. The van der Waals surface area contributed by atoms with Gasteiger partial charge in [0.1, 0.15) is 5.60 Å². The number of hydrogen-bond acceptors (Lipinski definition) is 5. The number of ether oxygens (including phenoxy) is 1. The summed E-state index contributed by atoms with van der Waals surface area (Å²) in [6.07, 6.45) is 10.7. The number of hydrogen-bond donors (Lipinski definition) is 2. The van der Waals surface area contributed by atoms with Gasteiger partial charge in [-0.2, -0.15) is 0 Å². The maximum Gasteiger partial charge on any atom is 0.335 e. The SMILES string of the molecule is C[C@]12CC[C@H]3[C@@H](C=C[C@]4(O)C[C@@H](O)CC[C@]34C)[C@]13O[C@@H]3C[C@@H]2c1ccc(=O)oc1. The molecule has 0 aromatic carbocycles. The molecule has 2 N–H and O–H groups in total. The summed E-state index contributed by atoms with van der Waals surface area (Å²) >= 11 is 0. The smallest absolute Gasteiger partial charge is 0.335 e. The van der Waals surface area contributed by atoms with Crippen LogP contribution in [-0.4, -0.2) is 33.6 Å². The van der Waals surface area contributed by atoms with E-state index < -0.39 is 11.7 Å². The van der Waals surface area contributed by atoms with E-state index in [9.17, 15) is 15.0 Å². The van der Waals surface area contributed by atoms with Gasteiger partial charge in [-0.25, -0.2) is 4.79 Å². The first-order valence-electron chi connectivity index (χ1n) is 11.1. The monoisotopic (exact) mass is 398 g/mol. The highest BCUT2D eigenvalue weighted by Crippen LogP contribution is 2.77. The van der Waals surface area contributed by atoms with E-state index in [0.29, 0.717) is 18.3 Å². The number of epoxide rings is 1. The lowest BCUT2D eigenvalue weighted by atomic mass is 9.44. The first-order valence-corrected chi connectivity index (χ1v) is 11.1. The van der Waals surface area contributed by atoms with Crippen LogP contribution in [0.15, 0.2) is 39.8 Å². The first kappa shape index (κ1) is 18.3. The third-order valence-corrected chi connectivity index (χ3v) is 9.83. The highest BCUT2D eigenvalue weighted by molar-refractivity contribution is 5.38. The Hall–Kier alpha value is -1.43. The van der Waals surface area contributed by atoms with Crippen LogP contribution < -0.4 is 5.63 Å². The molecule has 1 aromatic heterocycles. The van der Waals surface area contributed by atoms with Gasteiger partial charge in [-0.05, 0) is 55.6 Å². The van der Waals surface area contributed by atoms with Crippen molar-refractivity contribution in [1.82, 2.24) is 0 Å². The summed E-state index contributed by atoms with van der Waals surface area (Å²) in [5, 5.41) is 21.7. The van der Waals surface area contributed by atoms with Crippen molar-refractivity contribution in [2.24, 2.45) is 22.7 Å². The minimum absolute atomic E-state index is 0.0108. The predicted molar refractivity (Wildman–Crippen MR) is 106 cm³/mol. The van der Waals surface area contributed by atoms with Crippen molar-refractivity contribution in [2.45, 2.75) is 81.7 Å². The van der Waals surface area contributed by atoms with E-state index in [-0.39, 0.29) is 34.1 Å². The number of fused-ring (bicyclic) bond motifs is 3. The third-order valence-electron chi connectivity index (χ3n) is 9.83. The maximum absolute atomic E-state index is 11.5. The van der Waals surface area contributed by atoms with Crippen LogP contribution in [0.4, 0.5) is 0 Å². The Balaban J connectivity index is 1.41. The quantitative estimate of drug-likeness (QED) is 0.561. The van der Waals surface area contributed by atoms with Crippen molar-refractivity contribution in [1.29, 1.82) is 0 Å². The van der Waals surface area contributed by atoms with Gasteiger partial charge in [0.2, 0.25) is 0 Å². The Bertz CT molecular complexity index is 932. The van der Waals surface area contributed by atoms with E-state index in [1.807, 2.05) is 12.1 Å². The summed E-state index contributed by atoms with van der Waals surface area (Å²) in [6, 6.07) is 3.45. The molecule has 2 heterocycles. The van der Waals surface area contributed by atoms with E-state index in [2.05, 4.69) is 19.9 Å². The van der Waals surface area contributed by atoms with Gasteiger partial charge in [0.15, 0.2) is 0 Å². The van der Waals surface area contributed by atoms with Gasteiger partial charge < -0.3 is 19.4 Å². The molecule has 9 atom stereocenters. The van der Waals surface area contributed by atoms with Crippen LogP contribution >= 0.6 is 0 Å². The van der Waals surface area contributed by atoms with E-state index in [0.717, 1.165) is 37.7 Å². The molecule has 29 heavy (non-hydrogen) atoms. The summed E-state index contributed by atoms with van der Waals surface area (Å²) < 4.78 is 11.7. The Morgan fingerprint density at radius 2 is 1.93 bits per heavy atom. The van der Waals surface area contributed by atoms with Crippen LogP contribution in [0.1, 0.15) is 63.9 Å². The van der Waals surface area contributed by atoms with Gasteiger partial charge in [-0.15, -0.1) is 0 Å². The van der Waals surface area contributed by atoms with Gasteiger partial charge in [0, 0.05) is 29.2 Å². The lowest BCUT2D eigenvalue weighted by molar-refractivity contribution is -0.171. The molecule has 5 heteroatoms. The molecule has 3 saturated carbocycles. The van der Waals surface area contributed by atoms with Gasteiger partial charge in [0.25, 0.3) is 0 Å². The highest BCUT2D eigenvalue weighted by atomic mass is 16.6. The Labute approximate surface area is 170 Å². The highest BCUT2D eigenvalue weighted by Gasteiger charge is 2.80. The molecule has 6 rings (SSSR count). The van der Waals surface area contributed by atoms with Crippen molar-refractivity contribution >= 4 is 0 Å². The summed E-state index contributed by atoms with van der Waals surface area (Å²) in [4.78, 5) is 11.4. The molecule has 0 radical (unpaired) electrons.